The predicted molar refractivity (Wildman–Crippen MR) is 47.3 cm³/mol. The van der Waals surface area contributed by atoms with Gasteiger partial charge in [0, 0.05) is 6.42 Å². The highest BCUT2D eigenvalue weighted by Gasteiger charge is 2.34. The van der Waals surface area contributed by atoms with E-state index in [4.69, 9.17) is 21.1 Å². The maximum atomic E-state index is 10.9. The summed E-state index contributed by atoms with van der Waals surface area (Å²) in [5.41, 5.74) is 3.61. The Labute approximate surface area is 81.3 Å². The first-order valence-electron chi connectivity index (χ1n) is 4.22. The largest absolute Gasteiger partial charge is 0.481 e. The highest BCUT2D eigenvalue weighted by Crippen LogP contribution is 2.23. The van der Waals surface area contributed by atoms with Gasteiger partial charge in [-0.1, -0.05) is 0 Å². The molecule has 14 heavy (non-hydrogen) atoms. The summed E-state index contributed by atoms with van der Waals surface area (Å²) in [4.78, 5) is 21.1. The summed E-state index contributed by atoms with van der Waals surface area (Å²) in [6, 6.07) is 0. The second-order valence-corrected chi connectivity index (χ2v) is 3.21. The maximum Gasteiger partial charge on any atom is 0.303 e. The SMILES string of the molecule is NC(=O)C(CO)(CO)CCCC(=O)O. The minimum absolute atomic E-state index is 0.0711. The zero-order valence-electron chi connectivity index (χ0n) is 7.77. The number of rotatable bonds is 7. The van der Waals surface area contributed by atoms with Crippen molar-refractivity contribution in [2.24, 2.45) is 11.1 Å². The number of hydrogen-bond acceptors (Lipinski definition) is 4. The van der Waals surface area contributed by atoms with Crippen LogP contribution in [0.3, 0.4) is 0 Å². The lowest BCUT2D eigenvalue weighted by Gasteiger charge is -2.25. The van der Waals surface area contributed by atoms with Crippen molar-refractivity contribution in [3.05, 3.63) is 0 Å². The average molecular weight is 205 g/mol. The van der Waals surface area contributed by atoms with Crippen LogP contribution in [0.15, 0.2) is 0 Å². The van der Waals surface area contributed by atoms with Crippen molar-refractivity contribution in [2.45, 2.75) is 19.3 Å². The molecule has 0 aliphatic carbocycles. The van der Waals surface area contributed by atoms with Crippen LogP contribution in [0.5, 0.6) is 0 Å². The van der Waals surface area contributed by atoms with Gasteiger partial charge in [-0.15, -0.1) is 0 Å². The molecule has 0 atom stereocenters. The third-order valence-electron chi connectivity index (χ3n) is 2.17. The van der Waals surface area contributed by atoms with Crippen molar-refractivity contribution in [3.8, 4) is 0 Å². The molecule has 0 aliphatic rings. The Morgan fingerprint density at radius 3 is 2.00 bits per heavy atom. The molecule has 0 heterocycles. The van der Waals surface area contributed by atoms with E-state index in [1.165, 1.54) is 0 Å². The number of nitrogens with two attached hydrogens (primary N) is 1. The lowest BCUT2D eigenvalue weighted by atomic mass is 9.83. The van der Waals surface area contributed by atoms with Crippen LogP contribution in [0.4, 0.5) is 0 Å². The van der Waals surface area contributed by atoms with Crippen molar-refractivity contribution < 1.29 is 24.9 Å². The van der Waals surface area contributed by atoms with Gasteiger partial charge >= 0.3 is 5.97 Å². The van der Waals surface area contributed by atoms with Gasteiger partial charge in [0.1, 0.15) is 0 Å². The van der Waals surface area contributed by atoms with Gasteiger partial charge in [0.15, 0.2) is 0 Å². The molecule has 6 heteroatoms. The molecule has 0 bridgehead atoms. The molecule has 0 aromatic rings. The topological polar surface area (TPSA) is 121 Å². The second-order valence-electron chi connectivity index (χ2n) is 3.21. The number of carboxylic acid groups (broad SMARTS) is 1. The van der Waals surface area contributed by atoms with E-state index in [2.05, 4.69) is 0 Å². The fraction of sp³-hybridized carbons (Fsp3) is 0.750. The van der Waals surface area contributed by atoms with Gasteiger partial charge < -0.3 is 21.1 Å². The Hall–Kier alpha value is -1.14. The van der Waals surface area contributed by atoms with E-state index < -0.39 is 30.5 Å². The zero-order valence-corrected chi connectivity index (χ0v) is 7.77. The molecule has 0 aromatic carbocycles. The van der Waals surface area contributed by atoms with Gasteiger partial charge in [-0.05, 0) is 12.8 Å². The van der Waals surface area contributed by atoms with Gasteiger partial charge in [0.25, 0.3) is 0 Å². The number of aliphatic hydroxyl groups is 2. The van der Waals surface area contributed by atoms with E-state index in [0.717, 1.165) is 0 Å². The molecule has 0 aromatic heterocycles. The number of hydrogen-bond donors (Lipinski definition) is 4. The molecule has 1 amide bonds. The summed E-state index contributed by atoms with van der Waals surface area (Å²) in [5.74, 6) is -1.80. The Balaban J connectivity index is 4.22. The fourth-order valence-corrected chi connectivity index (χ4v) is 1.07. The normalized spacial score (nSPS) is 11.3. The number of carbonyl (C=O) groups excluding carboxylic acids is 1. The van der Waals surface area contributed by atoms with E-state index in [0.29, 0.717) is 0 Å². The fourth-order valence-electron chi connectivity index (χ4n) is 1.07. The monoisotopic (exact) mass is 205 g/mol. The average Bonchev–Trinajstić information content (AvgIpc) is 2.12. The summed E-state index contributed by atoms with van der Waals surface area (Å²) < 4.78 is 0. The number of aliphatic hydroxyl groups excluding tert-OH is 2. The van der Waals surface area contributed by atoms with Crippen LogP contribution in [0.25, 0.3) is 0 Å². The molecular formula is C8H15NO5. The summed E-state index contributed by atoms with van der Waals surface area (Å²) in [6.45, 7) is -1.14. The van der Waals surface area contributed by atoms with Gasteiger partial charge in [-0.3, -0.25) is 9.59 Å². The molecule has 0 fully saturated rings. The summed E-state index contributed by atoms with van der Waals surface area (Å²) >= 11 is 0. The predicted octanol–water partition coefficient (Wildman–Crippen LogP) is -1.30. The van der Waals surface area contributed by atoms with Crippen molar-refractivity contribution in [1.82, 2.24) is 0 Å². The van der Waals surface area contributed by atoms with Crippen LogP contribution >= 0.6 is 0 Å². The van der Waals surface area contributed by atoms with Crippen LogP contribution in [-0.4, -0.2) is 40.4 Å². The molecule has 82 valence electrons. The molecule has 0 saturated heterocycles. The molecule has 0 unspecified atom stereocenters. The van der Waals surface area contributed by atoms with E-state index in [-0.39, 0.29) is 19.3 Å². The lowest BCUT2D eigenvalue weighted by Crippen LogP contribution is -2.43. The molecule has 0 saturated carbocycles. The van der Waals surface area contributed by atoms with Gasteiger partial charge in [-0.25, -0.2) is 0 Å². The third kappa shape index (κ3) is 3.31. The smallest absolute Gasteiger partial charge is 0.303 e. The van der Waals surface area contributed by atoms with Crippen LogP contribution in [0.2, 0.25) is 0 Å². The van der Waals surface area contributed by atoms with E-state index >= 15 is 0 Å². The number of primary amides is 1. The van der Waals surface area contributed by atoms with Crippen LogP contribution in [0, 0.1) is 5.41 Å². The molecule has 0 aliphatic heterocycles. The first kappa shape index (κ1) is 12.9. The standard InChI is InChI=1S/C8H15NO5/c9-7(14)8(4-10,5-11)3-1-2-6(12)13/h10-11H,1-5H2,(H2,9,14)(H,12,13). The number of carbonyl (C=O) groups is 2. The second kappa shape index (κ2) is 5.56. The van der Waals surface area contributed by atoms with Gasteiger partial charge in [0.05, 0.1) is 18.6 Å². The molecule has 6 nitrogen and oxygen atoms in total. The van der Waals surface area contributed by atoms with Gasteiger partial charge in [0.2, 0.25) is 5.91 Å². The zero-order chi connectivity index (χ0) is 11.2. The van der Waals surface area contributed by atoms with Crippen LogP contribution in [-0.2, 0) is 9.59 Å². The summed E-state index contributed by atoms with van der Waals surface area (Å²) in [5, 5.41) is 26.2. The highest BCUT2D eigenvalue weighted by atomic mass is 16.4. The molecule has 5 N–H and O–H groups in total. The third-order valence-corrected chi connectivity index (χ3v) is 2.17. The lowest BCUT2D eigenvalue weighted by molar-refractivity contribution is -0.139. The summed E-state index contributed by atoms with van der Waals surface area (Å²) in [6.07, 6.45) is 0.149. The number of carboxylic acids is 1. The Morgan fingerprint density at radius 2 is 1.71 bits per heavy atom. The highest BCUT2D eigenvalue weighted by molar-refractivity contribution is 5.81. The first-order chi connectivity index (χ1) is 6.48. The van der Waals surface area contributed by atoms with Crippen molar-refractivity contribution >= 4 is 11.9 Å². The quantitative estimate of drug-likeness (QED) is 0.411. The van der Waals surface area contributed by atoms with E-state index in [1.54, 1.807) is 0 Å². The maximum absolute atomic E-state index is 10.9. The Bertz CT molecular complexity index is 212. The first-order valence-corrected chi connectivity index (χ1v) is 4.22. The van der Waals surface area contributed by atoms with Crippen molar-refractivity contribution in [3.63, 3.8) is 0 Å². The molecule has 0 rings (SSSR count). The Morgan fingerprint density at radius 1 is 1.21 bits per heavy atom. The van der Waals surface area contributed by atoms with E-state index in [9.17, 15) is 9.59 Å². The van der Waals surface area contributed by atoms with Gasteiger partial charge in [-0.2, -0.15) is 0 Å². The number of amides is 1. The minimum Gasteiger partial charge on any atom is -0.481 e. The minimum atomic E-state index is -1.39. The Kier molecular flexibility index (Phi) is 5.11. The number of aliphatic carboxylic acids is 1. The van der Waals surface area contributed by atoms with Crippen LogP contribution in [0.1, 0.15) is 19.3 Å². The van der Waals surface area contributed by atoms with Crippen LogP contribution < -0.4 is 5.73 Å². The van der Waals surface area contributed by atoms with Crippen molar-refractivity contribution in [1.29, 1.82) is 0 Å². The van der Waals surface area contributed by atoms with Crippen molar-refractivity contribution in [2.75, 3.05) is 13.2 Å². The molecular weight excluding hydrogens is 190 g/mol. The molecule has 0 spiro atoms. The summed E-state index contributed by atoms with van der Waals surface area (Å²) in [7, 11) is 0. The molecule has 0 radical (unpaired) electrons. The van der Waals surface area contributed by atoms with E-state index in [1.807, 2.05) is 0 Å².